The number of hydrogen-bond acceptors (Lipinski definition) is 20. The molecule has 0 aliphatic carbocycles. The van der Waals surface area contributed by atoms with Gasteiger partial charge in [-0.1, -0.05) is 44.2 Å². The summed E-state index contributed by atoms with van der Waals surface area (Å²) in [5.41, 5.74) is 35.7. The Morgan fingerprint density at radius 2 is 0.803 bits per heavy atom. The summed E-state index contributed by atoms with van der Waals surface area (Å²) in [7, 11) is 0. The van der Waals surface area contributed by atoms with Crippen LogP contribution in [0.3, 0.4) is 0 Å². The number of nitrogens with two attached hydrogens (primary N) is 6. The van der Waals surface area contributed by atoms with E-state index in [1.54, 1.807) is 18.3 Å². The van der Waals surface area contributed by atoms with Gasteiger partial charge in [0, 0.05) is 88.8 Å². The average molecular weight is 1710 g/mol. The van der Waals surface area contributed by atoms with Gasteiger partial charge in [0.1, 0.15) is 78.8 Å². The average Bonchev–Trinajstić information content (AvgIpc) is 1.64. The molecule has 5 heterocycles. The van der Waals surface area contributed by atoms with E-state index in [1.807, 2.05) is 26.0 Å². The van der Waals surface area contributed by atoms with Gasteiger partial charge in [0.05, 0.1) is 6.04 Å². The first-order chi connectivity index (χ1) is 58.1. The number of hydrogen-bond donors (Lipinski definition) is 27. The van der Waals surface area contributed by atoms with Crippen molar-refractivity contribution in [3.63, 3.8) is 0 Å². The Kier molecular flexibility index (Phi) is 37.8. The summed E-state index contributed by atoms with van der Waals surface area (Å²) in [5, 5.41) is 93.7. The maximum absolute atomic E-state index is 15.2. The van der Waals surface area contributed by atoms with Crippen molar-refractivity contribution in [2.24, 2.45) is 40.3 Å². The number of carbonyl (C=O) groups is 13. The number of guanidine groups is 5. The van der Waals surface area contributed by atoms with Crippen molar-refractivity contribution < 1.29 is 72.5 Å². The molecule has 4 saturated heterocycles. The van der Waals surface area contributed by atoms with E-state index in [1.165, 1.54) is 43.9 Å². The van der Waals surface area contributed by atoms with Crippen molar-refractivity contribution in [3.8, 4) is 5.75 Å². The summed E-state index contributed by atoms with van der Waals surface area (Å²) in [6.07, 6.45) is 4.21. The van der Waals surface area contributed by atoms with Crippen LogP contribution in [0.1, 0.15) is 147 Å². The number of nitrogens with zero attached hydrogens (tertiary/aromatic N) is 4. The highest BCUT2D eigenvalue weighted by Crippen LogP contribution is 2.29. The van der Waals surface area contributed by atoms with E-state index in [0.717, 1.165) is 10.9 Å². The summed E-state index contributed by atoms with van der Waals surface area (Å²) in [6, 6.07) is -2.19. The van der Waals surface area contributed by atoms with E-state index in [0.29, 0.717) is 43.2 Å². The number of para-hydroxylation sites is 1. The number of likely N-dealkylation sites (tertiary alicyclic amines) is 4. The Bertz CT molecular complexity index is 4200. The third kappa shape index (κ3) is 29.9. The van der Waals surface area contributed by atoms with E-state index >= 15 is 24.0 Å². The molecule has 0 saturated carbocycles. The molecule has 122 heavy (non-hydrogen) atoms. The number of fused-ring (bicyclic) bond motifs is 1. The molecule has 670 valence electrons. The van der Waals surface area contributed by atoms with Gasteiger partial charge in [-0.15, -0.1) is 0 Å². The predicted octanol–water partition coefficient (Wildman–Crippen LogP) is -5.09. The summed E-state index contributed by atoms with van der Waals surface area (Å²) in [4.78, 5) is 196. The highest BCUT2D eigenvalue weighted by atomic mass is 16.4. The molecule has 33 N–H and O–H groups in total. The van der Waals surface area contributed by atoms with Crippen LogP contribution in [0.2, 0.25) is 0 Å². The van der Waals surface area contributed by atoms with E-state index in [2.05, 4.69) is 74.1 Å². The van der Waals surface area contributed by atoms with Gasteiger partial charge < -0.3 is 138 Å². The quantitative estimate of drug-likeness (QED) is 0.0143. The lowest BCUT2D eigenvalue weighted by Gasteiger charge is -2.34. The minimum atomic E-state index is -1.45. The van der Waals surface area contributed by atoms with Gasteiger partial charge in [0.25, 0.3) is 0 Å². The van der Waals surface area contributed by atoms with E-state index in [4.69, 9.17) is 61.4 Å². The Labute approximate surface area is 706 Å². The molecule has 12 amide bonds. The Morgan fingerprint density at radius 1 is 0.434 bits per heavy atom. The largest absolute Gasteiger partial charge is 0.508 e. The number of aromatic nitrogens is 1. The Morgan fingerprint density at radius 3 is 1.29 bits per heavy atom. The number of aliphatic carboxylic acids is 1. The molecule has 1 aromatic heterocycles. The van der Waals surface area contributed by atoms with Gasteiger partial charge >= 0.3 is 5.97 Å². The van der Waals surface area contributed by atoms with Crippen molar-refractivity contribution in [2.45, 2.75) is 221 Å². The van der Waals surface area contributed by atoms with Gasteiger partial charge in [-0.05, 0) is 157 Å². The van der Waals surface area contributed by atoms with Crippen LogP contribution < -0.4 is 104 Å². The molecule has 4 aliphatic rings. The molecule has 12 atom stereocenters. The lowest BCUT2D eigenvalue weighted by atomic mass is 9.99. The first-order valence-corrected chi connectivity index (χ1v) is 41.4. The molecule has 0 spiro atoms. The molecule has 44 heteroatoms. The van der Waals surface area contributed by atoms with Gasteiger partial charge in [-0.25, -0.2) is 0 Å². The maximum Gasteiger partial charge on any atom is 0.322 e. The number of nitrogens with one attached hydrogen (secondary N) is 19. The Hall–Kier alpha value is -12.8. The second-order valence-corrected chi connectivity index (χ2v) is 31.4. The molecule has 4 aliphatic heterocycles. The third-order valence-corrected chi connectivity index (χ3v) is 21.6. The second-order valence-electron chi connectivity index (χ2n) is 31.4. The maximum atomic E-state index is 15.2. The number of amides is 12. The third-order valence-electron chi connectivity index (χ3n) is 21.6. The summed E-state index contributed by atoms with van der Waals surface area (Å²) in [6.45, 7) is 3.72. The SMILES string of the molecule is CC(C)C[C@H](NC(=O)[C@H](Cc1ccc(O)cc1)NC(=O)[C@@H]1CCCN1C(=O)[C@@H]1CCCN1C(=O)[C@H](CCCNC(=N)N)NC(=O)[C@@H]1CCCN1C(=O)[C@H](CCCNC(=N)N)NC(=O)[C@H](CCCNC(=N)N)NC(=O)[C@@H](N)CCCNC(=N)N)C(=O)N1CCC[C@H]1C(=O)N[C@@H](CCCNC(=N)N)C(=O)N[C@@H](Cc1c[nH]c2ccccc12)C(=O)NCC(=O)O. The number of aromatic amines is 1. The van der Waals surface area contributed by atoms with Crippen LogP contribution in [-0.2, 0) is 75.2 Å². The van der Waals surface area contributed by atoms with Gasteiger partial charge in [-0.2, -0.15) is 0 Å². The number of carboxylic acid groups (broad SMARTS) is 1. The number of carbonyl (C=O) groups excluding carboxylic acids is 12. The number of benzene rings is 2. The monoisotopic (exact) mass is 1710 g/mol. The fourth-order valence-electron chi connectivity index (χ4n) is 15.5. The zero-order valence-corrected chi connectivity index (χ0v) is 69.1. The van der Waals surface area contributed by atoms with Crippen molar-refractivity contribution in [1.82, 2.24) is 93.7 Å². The number of H-pyrrole nitrogens is 1. The molecule has 7 rings (SSSR count). The van der Waals surface area contributed by atoms with Crippen LogP contribution in [0.15, 0.2) is 54.7 Å². The van der Waals surface area contributed by atoms with Crippen molar-refractivity contribution in [3.05, 3.63) is 65.9 Å². The highest BCUT2D eigenvalue weighted by molar-refractivity contribution is 6.01. The van der Waals surface area contributed by atoms with Crippen LogP contribution in [0, 0.1) is 33.0 Å². The van der Waals surface area contributed by atoms with Crippen molar-refractivity contribution >= 4 is 118 Å². The molecule has 0 unspecified atom stereocenters. The molecule has 3 aromatic rings. The van der Waals surface area contributed by atoms with Crippen LogP contribution in [0.5, 0.6) is 5.75 Å². The number of phenols is 1. The summed E-state index contributed by atoms with van der Waals surface area (Å²) in [5.74, 6) is -12.1. The number of rotatable bonds is 47. The first-order valence-electron chi connectivity index (χ1n) is 41.4. The summed E-state index contributed by atoms with van der Waals surface area (Å²) < 4.78 is 0. The molecular weight excluding hydrogens is 1580 g/mol. The number of aromatic hydroxyl groups is 1. The van der Waals surface area contributed by atoms with Crippen molar-refractivity contribution in [1.29, 1.82) is 27.0 Å². The fourth-order valence-corrected chi connectivity index (χ4v) is 15.5. The number of phenolic OH excluding ortho intramolecular Hbond substituents is 1. The summed E-state index contributed by atoms with van der Waals surface area (Å²) >= 11 is 0. The first kappa shape index (κ1) is 96.3. The number of carboxylic acids is 1. The lowest BCUT2D eigenvalue weighted by Crippen LogP contribution is -2.60. The smallest absolute Gasteiger partial charge is 0.322 e. The lowest BCUT2D eigenvalue weighted by molar-refractivity contribution is -0.148. The molecule has 2 aromatic carbocycles. The van der Waals surface area contributed by atoms with E-state index in [-0.39, 0.29) is 203 Å². The molecule has 0 radical (unpaired) electrons. The van der Waals surface area contributed by atoms with Crippen LogP contribution in [0.25, 0.3) is 10.9 Å². The van der Waals surface area contributed by atoms with Crippen LogP contribution in [-0.4, -0.2) is 279 Å². The topological polar surface area (TPSA) is 723 Å². The fraction of sp³-hybridized carbons (Fsp3) is 0.590. The second kappa shape index (κ2) is 47.9. The minimum Gasteiger partial charge on any atom is -0.508 e. The van der Waals surface area contributed by atoms with Crippen LogP contribution >= 0.6 is 0 Å². The van der Waals surface area contributed by atoms with Gasteiger partial charge in [-0.3, -0.25) is 89.4 Å². The van der Waals surface area contributed by atoms with Crippen LogP contribution in [0.4, 0.5) is 0 Å². The zero-order valence-electron chi connectivity index (χ0n) is 69.1. The molecule has 4 fully saturated rings. The van der Waals surface area contributed by atoms with Gasteiger partial charge in [0.15, 0.2) is 29.8 Å². The zero-order chi connectivity index (χ0) is 89.3. The highest BCUT2D eigenvalue weighted by Gasteiger charge is 2.47. The molecule has 0 bridgehead atoms. The van der Waals surface area contributed by atoms with E-state index < -0.39 is 156 Å². The van der Waals surface area contributed by atoms with E-state index in [9.17, 15) is 48.6 Å². The molecular formula is C78H123N29O15. The van der Waals surface area contributed by atoms with Crippen molar-refractivity contribution in [2.75, 3.05) is 65.4 Å². The minimum absolute atomic E-state index is 0.00987. The predicted molar refractivity (Wildman–Crippen MR) is 450 cm³/mol. The molecule has 44 nitrogen and oxygen atoms in total. The standard InChI is InChI=1S/C78H123N29O15/c1-43(2)38-56(72(121)105-35-11-21-57(105)67(116)98-51(18-7-31-92-76(84)85)65(114)101-55(63(112)96-42-61(109)110)40-45-41-95-49-16-4-3-14-47(45)49)103-66(115)54(39-44-25-27-46(108)28-26-44)102-69(118)59-23-12-36-106(59)73(122)60-24-13-37-107(60)71(120)53(20-9-33-94-78(88)89)100-68(117)58-22-10-34-104(58)70(119)52(19-8-32-93-77(86)87)99-64(113)50(17-6-30-91-75(82)83)97-62(111)48(79)15-5-29-90-74(80)81/h3-4,14,16,25-28,41,43,48,50-60,95,108H,5-13,15,17-24,29-40,42,79H2,1-2H3,(H,96,112)(H,97,111)(H,98,116)(H,99,113)(H,100,117)(H,101,114)(H,102,118)(H,103,115)(H,109,110)(H4,80,81,90)(H4,82,83,91)(H4,84,85,92)(H4,86,87,93)(H4,88,89,94)/t48-,50-,51-,52-,53-,54-,55-,56-,57-,58-,59-,60-/m0/s1. The Balaban J connectivity index is 1.07. The normalized spacial score (nSPS) is 18.1. The van der Waals surface area contributed by atoms with Gasteiger partial charge in [0.2, 0.25) is 70.9 Å².